The van der Waals surface area contributed by atoms with Gasteiger partial charge in [0, 0.05) is 6.04 Å². The van der Waals surface area contributed by atoms with Gasteiger partial charge in [0.05, 0.1) is 15.2 Å². The zero-order valence-electron chi connectivity index (χ0n) is 8.44. The van der Waals surface area contributed by atoms with Crippen molar-refractivity contribution in [3.05, 3.63) is 21.8 Å². The van der Waals surface area contributed by atoms with E-state index in [1.807, 2.05) is 12.1 Å². The van der Waals surface area contributed by atoms with Crippen LogP contribution in [0.5, 0.6) is 0 Å². The quantitative estimate of drug-likeness (QED) is 0.943. The summed E-state index contributed by atoms with van der Waals surface area (Å²) in [5.41, 5.74) is 0. The zero-order chi connectivity index (χ0) is 11.0. The van der Waals surface area contributed by atoms with Crippen LogP contribution in [0.3, 0.4) is 0 Å². The summed E-state index contributed by atoms with van der Waals surface area (Å²) in [7, 11) is 0. The first kappa shape index (κ1) is 10.4. The topological polar surface area (TPSA) is 51.0 Å². The predicted molar refractivity (Wildman–Crippen MR) is 65.2 cm³/mol. The molecule has 0 aromatic carbocycles. The van der Waals surface area contributed by atoms with Gasteiger partial charge in [-0.2, -0.15) is 4.98 Å². The Bertz CT molecular complexity index is 492. The van der Waals surface area contributed by atoms with Gasteiger partial charge in [-0.1, -0.05) is 5.16 Å². The van der Waals surface area contributed by atoms with Gasteiger partial charge >= 0.3 is 0 Å². The van der Waals surface area contributed by atoms with E-state index in [4.69, 9.17) is 4.52 Å². The minimum Gasteiger partial charge on any atom is -0.338 e. The lowest BCUT2D eigenvalue weighted by Gasteiger charge is -1.94. The van der Waals surface area contributed by atoms with Crippen molar-refractivity contribution in [1.29, 1.82) is 0 Å². The molecule has 1 saturated carbocycles. The van der Waals surface area contributed by atoms with Crippen LogP contribution in [0.25, 0.3) is 10.7 Å². The highest BCUT2D eigenvalue weighted by Gasteiger charge is 2.21. The van der Waals surface area contributed by atoms with Crippen LogP contribution in [0.4, 0.5) is 0 Å². The van der Waals surface area contributed by atoms with E-state index in [0.717, 1.165) is 8.66 Å². The van der Waals surface area contributed by atoms with Crippen molar-refractivity contribution in [1.82, 2.24) is 15.5 Å². The predicted octanol–water partition coefficient (Wildman–Crippen LogP) is 2.81. The molecule has 0 radical (unpaired) electrons. The van der Waals surface area contributed by atoms with Crippen molar-refractivity contribution < 1.29 is 4.52 Å². The van der Waals surface area contributed by atoms with Crippen LogP contribution in [-0.4, -0.2) is 16.2 Å². The summed E-state index contributed by atoms with van der Waals surface area (Å²) in [6.45, 7) is 0.671. The van der Waals surface area contributed by atoms with Crippen LogP contribution in [0.2, 0.25) is 0 Å². The number of nitrogens with one attached hydrogen (secondary N) is 1. The number of hydrogen-bond acceptors (Lipinski definition) is 5. The van der Waals surface area contributed by atoms with Gasteiger partial charge in [-0.3, -0.25) is 0 Å². The Balaban J connectivity index is 1.71. The highest BCUT2D eigenvalue weighted by molar-refractivity contribution is 9.11. The summed E-state index contributed by atoms with van der Waals surface area (Å²) < 4.78 is 6.25. The Morgan fingerprint density at radius 3 is 3.06 bits per heavy atom. The van der Waals surface area contributed by atoms with E-state index in [2.05, 4.69) is 31.4 Å². The summed E-state index contributed by atoms with van der Waals surface area (Å²) in [5.74, 6) is 1.33. The Morgan fingerprint density at radius 1 is 1.50 bits per heavy atom. The van der Waals surface area contributed by atoms with E-state index >= 15 is 0 Å². The first-order valence-electron chi connectivity index (χ1n) is 5.13. The fourth-order valence-electron chi connectivity index (χ4n) is 1.38. The molecule has 0 spiro atoms. The first-order valence-corrected chi connectivity index (χ1v) is 6.74. The number of hydrogen-bond donors (Lipinski definition) is 1. The molecule has 0 aliphatic heterocycles. The molecular weight excluding hydrogens is 290 g/mol. The second-order valence-corrected chi connectivity index (χ2v) is 6.23. The maximum absolute atomic E-state index is 5.17. The molecule has 1 fully saturated rings. The van der Waals surface area contributed by atoms with Gasteiger partial charge in [-0.25, -0.2) is 0 Å². The molecule has 0 bridgehead atoms. The highest BCUT2D eigenvalue weighted by Crippen LogP contribution is 2.29. The van der Waals surface area contributed by atoms with Gasteiger partial charge in [0.2, 0.25) is 11.7 Å². The normalized spacial score (nSPS) is 15.6. The SMILES string of the molecule is Brc1ccc(-c2noc(CNC3CC3)n2)s1. The van der Waals surface area contributed by atoms with Gasteiger partial charge < -0.3 is 9.84 Å². The van der Waals surface area contributed by atoms with Crippen LogP contribution in [0, 0.1) is 0 Å². The summed E-state index contributed by atoms with van der Waals surface area (Å²) in [5, 5.41) is 7.30. The van der Waals surface area contributed by atoms with E-state index in [-0.39, 0.29) is 0 Å². The van der Waals surface area contributed by atoms with E-state index in [1.165, 1.54) is 12.8 Å². The first-order chi connectivity index (χ1) is 7.81. The van der Waals surface area contributed by atoms with Crippen molar-refractivity contribution in [2.24, 2.45) is 0 Å². The van der Waals surface area contributed by atoms with Crippen molar-refractivity contribution in [3.63, 3.8) is 0 Å². The zero-order valence-corrected chi connectivity index (χ0v) is 10.8. The molecule has 1 N–H and O–H groups in total. The number of halogens is 1. The second kappa shape index (κ2) is 4.27. The monoisotopic (exact) mass is 299 g/mol. The number of nitrogens with zero attached hydrogens (tertiary/aromatic N) is 2. The summed E-state index contributed by atoms with van der Waals surface area (Å²) in [6.07, 6.45) is 2.53. The third-order valence-electron chi connectivity index (χ3n) is 2.38. The molecule has 84 valence electrons. The molecule has 2 heterocycles. The second-order valence-electron chi connectivity index (χ2n) is 3.77. The maximum Gasteiger partial charge on any atom is 0.240 e. The molecule has 0 atom stereocenters. The fraction of sp³-hybridized carbons (Fsp3) is 0.400. The van der Waals surface area contributed by atoms with E-state index in [9.17, 15) is 0 Å². The Kier molecular flexibility index (Phi) is 2.79. The minimum absolute atomic E-state index is 0.659. The molecule has 1 aliphatic rings. The summed E-state index contributed by atoms with van der Waals surface area (Å²) in [6, 6.07) is 4.63. The number of rotatable bonds is 4. The minimum atomic E-state index is 0.659. The molecule has 0 saturated heterocycles. The summed E-state index contributed by atoms with van der Waals surface area (Å²) in [4.78, 5) is 5.36. The third-order valence-corrected chi connectivity index (χ3v) is 4.00. The van der Waals surface area contributed by atoms with Crippen molar-refractivity contribution >= 4 is 27.3 Å². The lowest BCUT2D eigenvalue weighted by molar-refractivity contribution is 0.367. The van der Waals surface area contributed by atoms with Gasteiger partial charge in [0.25, 0.3) is 0 Å². The lowest BCUT2D eigenvalue weighted by atomic mass is 10.4. The van der Waals surface area contributed by atoms with Crippen molar-refractivity contribution in [3.8, 4) is 10.7 Å². The molecule has 6 heteroatoms. The number of aromatic nitrogens is 2. The molecular formula is C10H10BrN3OS. The van der Waals surface area contributed by atoms with E-state index in [1.54, 1.807) is 11.3 Å². The van der Waals surface area contributed by atoms with Crippen LogP contribution in [-0.2, 0) is 6.54 Å². The maximum atomic E-state index is 5.17. The smallest absolute Gasteiger partial charge is 0.240 e. The molecule has 16 heavy (non-hydrogen) atoms. The lowest BCUT2D eigenvalue weighted by Crippen LogP contribution is -2.15. The fourth-order valence-corrected chi connectivity index (χ4v) is 2.69. The Morgan fingerprint density at radius 2 is 2.38 bits per heavy atom. The molecule has 2 aromatic heterocycles. The van der Waals surface area contributed by atoms with Crippen molar-refractivity contribution in [2.45, 2.75) is 25.4 Å². The average molecular weight is 300 g/mol. The molecule has 0 amide bonds. The molecule has 1 aliphatic carbocycles. The van der Waals surface area contributed by atoms with Crippen molar-refractivity contribution in [2.75, 3.05) is 0 Å². The standard InChI is InChI=1S/C10H10BrN3OS/c11-8-4-3-7(16-8)10-13-9(15-14-10)5-12-6-1-2-6/h3-4,6,12H,1-2,5H2. The van der Waals surface area contributed by atoms with Crippen LogP contribution >= 0.6 is 27.3 Å². The van der Waals surface area contributed by atoms with Gasteiger partial charge in [-0.15, -0.1) is 11.3 Å². The van der Waals surface area contributed by atoms with Gasteiger partial charge in [-0.05, 0) is 40.9 Å². The highest BCUT2D eigenvalue weighted by atomic mass is 79.9. The largest absolute Gasteiger partial charge is 0.338 e. The van der Waals surface area contributed by atoms with Crippen LogP contribution in [0.15, 0.2) is 20.4 Å². The molecule has 2 aromatic rings. The molecule has 0 unspecified atom stereocenters. The van der Waals surface area contributed by atoms with Gasteiger partial charge in [0.1, 0.15) is 0 Å². The molecule has 3 rings (SSSR count). The Hall–Kier alpha value is -0.720. The third kappa shape index (κ3) is 2.34. The van der Waals surface area contributed by atoms with E-state index < -0.39 is 0 Å². The summed E-state index contributed by atoms with van der Waals surface area (Å²) >= 11 is 5.02. The Labute approximate surface area is 105 Å². The van der Waals surface area contributed by atoms with Gasteiger partial charge in [0.15, 0.2) is 0 Å². The van der Waals surface area contributed by atoms with Crippen LogP contribution < -0.4 is 5.32 Å². The molecule has 4 nitrogen and oxygen atoms in total. The number of thiophene rings is 1. The van der Waals surface area contributed by atoms with Crippen LogP contribution in [0.1, 0.15) is 18.7 Å². The van der Waals surface area contributed by atoms with E-state index in [0.29, 0.717) is 24.3 Å². The average Bonchev–Trinajstić information content (AvgIpc) is 2.81.